The molecule has 0 atom stereocenters. The normalized spacial score (nSPS) is 17.5. The van der Waals surface area contributed by atoms with E-state index >= 15 is 0 Å². The number of benzene rings is 1. The summed E-state index contributed by atoms with van der Waals surface area (Å²) in [4.78, 5) is 10.4. The highest BCUT2D eigenvalue weighted by atomic mass is 16.6. The number of nitro benzene ring substituents is 1. The Labute approximate surface area is 117 Å². The monoisotopic (exact) mass is 281 g/mol. The fraction of sp³-hybridized carbons (Fsp3) is 0.538. The Morgan fingerprint density at radius 2 is 2.00 bits per heavy atom. The summed E-state index contributed by atoms with van der Waals surface area (Å²) in [5.74, 6) is 0. The summed E-state index contributed by atoms with van der Waals surface area (Å²) < 4.78 is 5.22. The van der Waals surface area contributed by atoms with Crippen LogP contribution in [0.25, 0.3) is 0 Å². The van der Waals surface area contributed by atoms with Crippen LogP contribution in [0.15, 0.2) is 18.2 Å². The fourth-order valence-corrected chi connectivity index (χ4v) is 2.16. The van der Waals surface area contributed by atoms with Gasteiger partial charge in [0.25, 0.3) is 5.69 Å². The number of hydrogen-bond donors (Lipinski definition) is 3. The topological polar surface area (TPSA) is 96.7 Å². The fourth-order valence-electron chi connectivity index (χ4n) is 2.16. The number of ether oxygens (including phenoxy) is 1. The maximum atomic E-state index is 10.9. The van der Waals surface area contributed by atoms with Crippen molar-refractivity contribution in [1.29, 1.82) is 0 Å². The summed E-state index contributed by atoms with van der Waals surface area (Å²) in [6.07, 6.45) is 1.13. The molecule has 3 N–H and O–H groups in total. The zero-order valence-corrected chi connectivity index (χ0v) is 11.4. The molecule has 1 heterocycles. The Hall–Kier alpha value is -1.86. The minimum Gasteiger partial charge on any atom is -0.388 e. The Balaban J connectivity index is 2.08. The zero-order chi connectivity index (χ0) is 14.6. The van der Waals surface area contributed by atoms with Crippen LogP contribution < -0.4 is 10.6 Å². The van der Waals surface area contributed by atoms with Crippen LogP contribution in [0.2, 0.25) is 0 Å². The van der Waals surface area contributed by atoms with Crippen molar-refractivity contribution in [3.8, 4) is 0 Å². The van der Waals surface area contributed by atoms with Gasteiger partial charge in [-0.3, -0.25) is 10.1 Å². The highest BCUT2D eigenvalue weighted by molar-refractivity contribution is 5.63. The number of nitro groups is 1. The van der Waals surface area contributed by atoms with Crippen LogP contribution in [0.3, 0.4) is 0 Å². The van der Waals surface area contributed by atoms with Crippen LogP contribution in [0, 0.1) is 10.1 Å². The molecule has 7 heteroatoms. The maximum Gasteiger partial charge on any atom is 0.273 e. The first kappa shape index (κ1) is 14.5. The van der Waals surface area contributed by atoms with Gasteiger partial charge in [-0.25, -0.2) is 0 Å². The number of nitrogens with one attached hydrogen (secondary N) is 2. The SMILES string of the molecule is CNc1cc(NCC2(O)CCOCC2)cc([N+](=O)[O-])c1. The Morgan fingerprint density at radius 1 is 1.35 bits per heavy atom. The molecule has 0 spiro atoms. The Bertz CT molecular complexity index is 487. The lowest BCUT2D eigenvalue weighted by atomic mass is 9.94. The quantitative estimate of drug-likeness (QED) is 0.560. The number of aliphatic hydroxyl groups is 1. The van der Waals surface area contributed by atoms with E-state index < -0.39 is 10.5 Å². The van der Waals surface area contributed by atoms with Gasteiger partial charge in [-0.2, -0.15) is 0 Å². The van der Waals surface area contributed by atoms with E-state index in [1.807, 2.05) is 0 Å². The first-order valence-corrected chi connectivity index (χ1v) is 6.54. The van der Waals surface area contributed by atoms with Crippen LogP contribution in [0.5, 0.6) is 0 Å². The van der Waals surface area contributed by atoms with Crippen molar-refractivity contribution >= 4 is 17.1 Å². The Kier molecular flexibility index (Phi) is 4.41. The second kappa shape index (κ2) is 6.06. The van der Waals surface area contributed by atoms with E-state index in [4.69, 9.17) is 4.74 Å². The molecule has 1 aliphatic rings. The number of hydrogen-bond acceptors (Lipinski definition) is 6. The summed E-state index contributed by atoms with van der Waals surface area (Å²) in [5.41, 5.74) is 0.463. The van der Waals surface area contributed by atoms with Crippen molar-refractivity contribution in [2.24, 2.45) is 0 Å². The largest absolute Gasteiger partial charge is 0.388 e. The lowest BCUT2D eigenvalue weighted by Gasteiger charge is -2.32. The van der Waals surface area contributed by atoms with Crippen LogP contribution >= 0.6 is 0 Å². The van der Waals surface area contributed by atoms with E-state index in [1.165, 1.54) is 12.1 Å². The van der Waals surface area contributed by atoms with E-state index in [-0.39, 0.29) is 5.69 Å². The summed E-state index contributed by atoms with van der Waals surface area (Å²) in [5, 5.41) is 27.2. The van der Waals surface area contributed by atoms with Gasteiger partial charge in [0.1, 0.15) is 0 Å². The van der Waals surface area contributed by atoms with Gasteiger partial charge in [-0.1, -0.05) is 0 Å². The molecular weight excluding hydrogens is 262 g/mol. The van der Waals surface area contributed by atoms with Crippen molar-refractivity contribution in [3.63, 3.8) is 0 Å². The summed E-state index contributed by atoms with van der Waals surface area (Å²) >= 11 is 0. The molecule has 20 heavy (non-hydrogen) atoms. The first-order valence-electron chi connectivity index (χ1n) is 6.54. The second-order valence-corrected chi connectivity index (χ2v) is 4.97. The van der Waals surface area contributed by atoms with Crippen LogP contribution in [-0.2, 0) is 4.74 Å². The molecule has 0 radical (unpaired) electrons. The van der Waals surface area contributed by atoms with Gasteiger partial charge in [0.2, 0.25) is 0 Å². The highest BCUT2D eigenvalue weighted by Gasteiger charge is 2.29. The number of rotatable bonds is 5. The van der Waals surface area contributed by atoms with Gasteiger partial charge in [0, 0.05) is 63.2 Å². The average molecular weight is 281 g/mol. The van der Waals surface area contributed by atoms with Crippen LogP contribution in [0.4, 0.5) is 17.1 Å². The molecule has 1 aliphatic heterocycles. The molecule has 0 bridgehead atoms. The summed E-state index contributed by atoms with van der Waals surface area (Å²) in [6.45, 7) is 1.42. The van der Waals surface area contributed by atoms with Crippen LogP contribution in [-0.4, -0.2) is 42.4 Å². The third-order valence-electron chi connectivity index (χ3n) is 3.46. The van der Waals surface area contributed by atoms with E-state index in [9.17, 15) is 15.2 Å². The Morgan fingerprint density at radius 3 is 2.60 bits per heavy atom. The van der Waals surface area contributed by atoms with Crippen LogP contribution in [0.1, 0.15) is 12.8 Å². The van der Waals surface area contributed by atoms with Crippen molar-refractivity contribution in [1.82, 2.24) is 0 Å². The molecule has 1 aromatic carbocycles. The standard InChI is InChI=1S/C13H19N3O4/c1-14-10-6-11(8-12(7-10)16(18)19)15-9-13(17)2-4-20-5-3-13/h6-8,14-15,17H,2-5,9H2,1H3. The molecule has 0 unspecified atom stereocenters. The number of anilines is 2. The second-order valence-electron chi connectivity index (χ2n) is 4.97. The molecule has 1 saturated heterocycles. The molecule has 1 fully saturated rings. The molecule has 0 aromatic heterocycles. The molecule has 0 aliphatic carbocycles. The first-order chi connectivity index (χ1) is 9.52. The average Bonchev–Trinajstić information content (AvgIpc) is 2.45. The molecule has 1 aromatic rings. The van der Waals surface area contributed by atoms with Gasteiger partial charge in [-0.05, 0) is 6.07 Å². The van der Waals surface area contributed by atoms with Gasteiger partial charge in [0.05, 0.1) is 10.5 Å². The van der Waals surface area contributed by atoms with Gasteiger partial charge in [0.15, 0.2) is 0 Å². The molecule has 0 saturated carbocycles. The summed E-state index contributed by atoms with van der Waals surface area (Å²) in [7, 11) is 1.70. The van der Waals surface area contributed by atoms with Crippen molar-refractivity contribution in [3.05, 3.63) is 28.3 Å². The van der Waals surface area contributed by atoms with Gasteiger partial charge >= 0.3 is 0 Å². The zero-order valence-electron chi connectivity index (χ0n) is 11.4. The van der Waals surface area contributed by atoms with Crippen molar-refractivity contribution < 1.29 is 14.8 Å². The molecular formula is C13H19N3O4. The summed E-state index contributed by atoms with van der Waals surface area (Å²) in [6, 6.07) is 4.70. The minimum absolute atomic E-state index is 0.0123. The van der Waals surface area contributed by atoms with Crippen molar-refractivity contribution in [2.75, 3.05) is 37.4 Å². The third kappa shape index (κ3) is 3.58. The molecule has 2 rings (SSSR count). The molecule has 7 nitrogen and oxygen atoms in total. The predicted octanol–water partition coefficient (Wildman–Crippen LogP) is 1.59. The van der Waals surface area contributed by atoms with Gasteiger partial charge < -0.3 is 20.5 Å². The third-order valence-corrected chi connectivity index (χ3v) is 3.46. The molecule has 110 valence electrons. The predicted molar refractivity (Wildman–Crippen MR) is 76.1 cm³/mol. The smallest absolute Gasteiger partial charge is 0.273 e. The van der Waals surface area contributed by atoms with Gasteiger partial charge in [-0.15, -0.1) is 0 Å². The van der Waals surface area contributed by atoms with E-state index in [0.717, 1.165) is 0 Å². The number of nitrogens with zero attached hydrogens (tertiary/aromatic N) is 1. The lowest BCUT2D eigenvalue weighted by molar-refractivity contribution is -0.384. The van der Waals surface area contributed by atoms with E-state index in [0.29, 0.717) is 44.0 Å². The maximum absolute atomic E-state index is 10.9. The molecule has 0 amide bonds. The van der Waals surface area contributed by atoms with E-state index in [2.05, 4.69) is 10.6 Å². The van der Waals surface area contributed by atoms with E-state index in [1.54, 1.807) is 13.1 Å². The lowest BCUT2D eigenvalue weighted by Crippen LogP contribution is -2.42. The highest BCUT2D eigenvalue weighted by Crippen LogP contribution is 2.26. The van der Waals surface area contributed by atoms with Crippen molar-refractivity contribution in [2.45, 2.75) is 18.4 Å². The number of non-ortho nitro benzene ring substituents is 1. The minimum atomic E-state index is -0.817.